The van der Waals surface area contributed by atoms with E-state index >= 15 is 0 Å². The van der Waals surface area contributed by atoms with Crippen LogP contribution in [-0.2, 0) is 4.79 Å². The topological polar surface area (TPSA) is 69.1 Å². The largest absolute Gasteiger partial charge is 0.369 e. The molecule has 4 aliphatic rings. The summed E-state index contributed by atoms with van der Waals surface area (Å²) in [6, 6.07) is 0.346. The highest BCUT2D eigenvalue weighted by atomic mass is 16.1. The second-order valence-corrected chi connectivity index (χ2v) is 5.69. The molecule has 0 radical (unpaired) electrons. The van der Waals surface area contributed by atoms with Crippen LogP contribution < -0.4 is 11.5 Å². The first-order chi connectivity index (χ1) is 6.61. The van der Waals surface area contributed by atoms with Gasteiger partial charge in [0.1, 0.15) is 0 Å². The minimum atomic E-state index is -0.160. The van der Waals surface area contributed by atoms with Gasteiger partial charge in [-0.25, -0.2) is 0 Å². The molecule has 4 bridgehead atoms. The first-order valence-corrected chi connectivity index (χ1v) is 5.66. The molecule has 78 valence electrons. The summed E-state index contributed by atoms with van der Waals surface area (Å²) in [6.07, 6.45) is 5.47. The van der Waals surface area contributed by atoms with Gasteiger partial charge in [0.15, 0.2) is 0 Å². The average Bonchev–Trinajstić information content (AvgIpc) is 2.12. The van der Waals surface area contributed by atoms with Crippen LogP contribution in [0.25, 0.3) is 0 Å². The Kier molecular flexibility index (Phi) is 1.56. The Morgan fingerprint density at radius 2 is 1.71 bits per heavy atom. The number of rotatable bonds is 1. The zero-order valence-corrected chi connectivity index (χ0v) is 8.41. The molecule has 4 fully saturated rings. The zero-order chi connectivity index (χ0) is 9.92. The lowest BCUT2D eigenvalue weighted by molar-refractivity contribution is -0.144. The highest BCUT2D eigenvalue weighted by Gasteiger charge is 2.56. The van der Waals surface area contributed by atoms with E-state index in [-0.39, 0.29) is 11.3 Å². The second-order valence-electron chi connectivity index (χ2n) is 5.69. The summed E-state index contributed by atoms with van der Waals surface area (Å²) >= 11 is 0. The smallest absolute Gasteiger partial charge is 0.223 e. The molecule has 4 rings (SSSR count). The predicted octanol–water partition coefficient (Wildman–Crippen LogP) is 0.625. The molecule has 0 aromatic carbocycles. The van der Waals surface area contributed by atoms with E-state index in [9.17, 15) is 4.79 Å². The maximum atomic E-state index is 11.5. The van der Waals surface area contributed by atoms with Crippen molar-refractivity contribution in [3.8, 4) is 0 Å². The molecule has 14 heavy (non-hydrogen) atoms. The molecule has 0 aliphatic heterocycles. The summed E-state index contributed by atoms with van der Waals surface area (Å²) in [5, 5.41) is 0. The van der Waals surface area contributed by atoms with Gasteiger partial charge in [-0.2, -0.15) is 0 Å². The van der Waals surface area contributed by atoms with Gasteiger partial charge in [-0.05, 0) is 49.9 Å². The molecule has 3 nitrogen and oxygen atoms in total. The Hall–Kier alpha value is -0.570. The van der Waals surface area contributed by atoms with Crippen molar-refractivity contribution in [2.75, 3.05) is 0 Å². The van der Waals surface area contributed by atoms with Crippen molar-refractivity contribution < 1.29 is 4.79 Å². The van der Waals surface area contributed by atoms with E-state index in [1.807, 2.05) is 0 Å². The van der Waals surface area contributed by atoms with Crippen LogP contribution in [0.5, 0.6) is 0 Å². The molecule has 4 N–H and O–H groups in total. The fourth-order valence-electron chi connectivity index (χ4n) is 4.37. The third-order valence-electron chi connectivity index (χ3n) is 4.87. The van der Waals surface area contributed by atoms with Crippen LogP contribution in [0.2, 0.25) is 0 Å². The maximum Gasteiger partial charge on any atom is 0.223 e. The summed E-state index contributed by atoms with van der Waals surface area (Å²) in [6.45, 7) is 0. The lowest BCUT2D eigenvalue weighted by Gasteiger charge is -2.58. The van der Waals surface area contributed by atoms with Crippen LogP contribution in [-0.4, -0.2) is 11.9 Å². The molecule has 0 heterocycles. The molecule has 0 spiro atoms. The summed E-state index contributed by atoms with van der Waals surface area (Å²) in [5.41, 5.74) is 11.6. The molecule has 4 aliphatic carbocycles. The molecule has 0 saturated heterocycles. The van der Waals surface area contributed by atoms with Gasteiger partial charge in [-0.3, -0.25) is 4.79 Å². The Morgan fingerprint density at radius 1 is 1.14 bits per heavy atom. The van der Waals surface area contributed by atoms with Gasteiger partial charge in [0, 0.05) is 11.5 Å². The third-order valence-corrected chi connectivity index (χ3v) is 4.87. The van der Waals surface area contributed by atoms with Crippen molar-refractivity contribution in [3.05, 3.63) is 0 Å². The van der Waals surface area contributed by atoms with Crippen LogP contribution in [0.15, 0.2) is 0 Å². The van der Waals surface area contributed by atoms with Crippen molar-refractivity contribution in [1.29, 1.82) is 0 Å². The summed E-state index contributed by atoms with van der Waals surface area (Å²) in [5.74, 6) is 1.83. The summed E-state index contributed by atoms with van der Waals surface area (Å²) in [4.78, 5) is 11.5. The quantitative estimate of drug-likeness (QED) is 0.642. The maximum absolute atomic E-state index is 11.5. The van der Waals surface area contributed by atoms with Crippen molar-refractivity contribution in [1.82, 2.24) is 0 Å². The third kappa shape index (κ3) is 0.937. The fourth-order valence-corrected chi connectivity index (χ4v) is 4.37. The average molecular weight is 194 g/mol. The Morgan fingerprint density at radius 3 is 2.21 bits per heavy atom. The van der Waals surface area contributed by atoms with Crippen molar-refractivity contribution in [2.45, 2.75) is 38.1 Å². The zero-order valence-electron chi connectivity index (χ0n) is 8.41. The van der Waals surface area contributed by atoms with E-state index in [0.29, 0.717) is 17.9 Å². The number of carbonyl (C=O) groups is 1. The number of primary amides is 1. The number of hydrogen-bond donors (Lipinski definition) is 2. The van der Waals surface area contributed by atoms with E-state index < -0.39 is 0 Å². The van der Waals surface area contributed by atoms with E-state index in [1.165, 1.54) is 12.8 Å². The molecule has 0 aromatic rings. The van der Waals surface area contributed by atoms with Gasteiger partial charge < -0.3 is 11.5 Å². The summed E-state index contributed by atoms with van der Waals surface area (Å²) in [7, 11) is 0. The first kappa shape index (κ1) is 8.72. The Bertz CT molecular complexity index is 273. The second kappa shape index (κ2) is 2.51. The van der Waals surface area contributed by atoms with Crippen molar-refractivity contribution in [3.63, 3.8) is 0 Å². The molecular weight excluding hydrogens is 176 g/mol. The van der Waals surface area contributed by atoms with Crippen LogP contribution in [0.4, 0.5) is 0 Å². The molecule has 4 saturated carbocycles. The lowest BCUT2D eigenvalue weighted by Crippen LogP contribution is -2.60. The van der Waals surface area contributed by atoms with Crippen molar-refractivity contribution >= 4 is 5.91 Å². The Labute approximate surface area is 84.2 Å². The SMILES string of the molecule is NC(=O)C12CC3CC(C1)C(N)[C@@H](C3)C2. The van der Waals surface area contributed by atoms with Crippen molar-refractivity contribution in [2.24, 2.45) is 34.6 Å². The van der Waals surface area contributed by atoms with Crippen LogP contribution in [0, 0.1) is 23.2 Å². The van der Waals surface area contributed by atoms with E-state index in [2.05, 4.69) is 0 Å². The number of carbonyl (C=O) groups excluding carboxylic acids is 1. The first-order valence-electron chi connectivity index (χ1n) is 5.66. The molecule has 3 heteroatoms. The van der Waals surface area contributed by atoms with E-state index in [4.69, 9.17) is 11.5 Å². The minimum absolute atomic E-state index is 0.0659. The number of nitrogens with two attached hydrogens (primary N) is 2. The predicted molar refractivity (Wildman–Crippen MR) is 53.2 cm³/mol. The molecular formula is C11H18N2O. The van der Waals surface area contributed by atoms with Gasteiger partial charge in [-0.1, -0.05) is 0 Å². The van der Waals surface area contributed by atoms with Gasteiger partial charge in [-0.15, -0.1) is 0 Å². The normalized spacial score (nSPS) is 54.9. The number of amides is 1. The monoisotopic (exact) mass is 194 g/mol. The van der Waals surface area contributed by atoms with Gasteiger partial charge in [0.05, 0.1) is 0 Å². The fraction of sp³-hybridized carbons (Fsp3) is 0.909. The van der Waals surface area contributed by atoms with Crippen LogP contribution >= 0.6 is 0 Å². The molecule has 1 amide bonds. The van der Waals surface area contributed by atoms with E-state index in [1.54, 1.807) is 0 Å². The number of hydrogen-bond acceptors (Lipinski definition) is 2. The standard InChI is InChI=1S/C11H18N2O/c12-9-7-1-6-2-8(9)5-11(3-6,4-7)10(13)14/h6-9H,1-5,12H2,(H2,13,14)/t6?,7-,8?,9?,11?/m0/s1. The van der Waals surface area contributed by atoms with Gasteiger partial charge >= 0.3 is 0 Å². The van der Waals surface area contributed by atoms with Crippen LogP contribution in [0.1, 0.15) is 32.1 Å². The highest BCUT2D eigenvalue weighted by molar-refractivity contribution is 5.81. The van der Waals surface area contributed by atoms with E-state index in [0.717, 1.165) is 25.2 Å². The molecule has 0 aromatic heterocycles. The summed E-state index contributed by atoms with van der Waals surface area (Å²) < 4.78 is 0. The lowest BCUT2D eigenvalue weighted by atomic mass is 9.48. The highest BCUT2D eigenvalue weighted by Crippen LogP contribution is 2.59. The van der Waals surface area contributed by atoms with Crippen LogP contribution in [0.3, 0.4) is 0 Å². The van der Waals surface area contributed by atoms with Gasteiger partial charge in [0.25, 0.3) is 0 Å². The minimum Gasteiger partial charge on any atom is -0.369 e. The van der Waals surface area contributed by atoms with Gasteiger partial charge in [0.2, 0.25) is 5.91 Å². The molecule has 4 unspecified atom stereocenters. The molecule has 5 atom stereocenters. The Balaban J connectivity index is 1.96.